The summed E-state index contributed by atoms with van der Waals surface area (Å²) in [6.45, 7) is 1.14. The molecule has 0 bridgehead atoms. The number of rotatable bonds is 3. The number of likely N-dealkylation sites (tertiary alicyclic amines) is 1. The van der Waals surface area contributed by atoms with Crippen LogP contribution in [-0.2, 0) is 11.2 Å². The third-order valence-corrected chi connectivity index (χ3v) is 5.30. The van der Waals surface area contributed by atoms with Crippen LogP contribution in [0.25, 0.3) is 10.9 Å². The number of fused-ring (bicyclic) bond motifs is 1. The number of amides is 1. The molecule has 2 fully saturated rings. The van der Waals surface area contributed by atoms with Gasteiger partial charge < -0.3 is 10.0 Å². The highest BCUT2D eigenvalue weighted by Crippen LogP contribution is 2.31. The predicted octanol–water partition coefficient (Wildman–Crippen LogP) is 2.40. The van der Waals surface area contributed by atoms with E-state index >= 15 is 0 Å². The second-order valence-corrected chi connectivity index (χ2v) is 6.90. The van der Waals surface area contributed by atoms with Crippen molar-refractivity contribution in [3.05, 3.63) is 42.1 Å². The minimum atomic E-state index is -0.438. The van der Waals surface area contributed by atoms with Crippen molar-refractivity contribution in [1.29, 1.82) is 0 Å². The standard InChI is InChI=1S/C19H22N2O2/c22-18-12-21(19(23)14-5-3-6-14)11-15(18)10-16-9-8-13-4-1-2-7-17(13)20-16/h1-2,4,7-9,14-15,18,22H,3,5-6,10-12H2/t15-,18-/m1/s1. The van der Waals surface area contributed by atoms with E-state index in [0.29, 0.717) is 13.1 Å². The number of aliphatic hydroxyl groups is 1. The van der Waals surface area contributed by atoms with Gasteiger partial charge in [-0.1, -0.05) is 30.7 Å². The Morgan fingerprint density at radius 1 is 1.17 bits per heavy atom. The fourth-order valence-corrected chi connectivity index (χ4v) is 3.64. The molecule has 4 heteroatoms. The third kappa shape index (κ3) is 2.83. The number of aliphatic hydroxyl groups excluding tert-OH is 1. The number of aromatic nitrogens is 1. The average molecular weight is 310 g/mol. The second kappa shape index (κ2) is 5.93. The highest BCUT2D eigenvalue weighted by molar-refractivity contribution is 5.80. The highest BCUT2D eigenvalue weighted by Gasteiger charge is 2.38. The van der Waals surface area contributed by atoms with Gasteiger partial charge in [0.2, 0.25) is 5.91 Å². The van der Waals surface area contributed by atoms with Crippen molar-refractivity contribution < 1.29 is 9.90 Å². The Bertz CT molecular complexity index is 726. The molecule has 1 amide bonds. The van der Waals surface area contributed by atoms with Crippen LogP contribution in [-0.4, -0.2) is 40.1 Å². The van der Waals surface area contributed by atoms with E-state index in [-0.39, 0.29) is 17.7 Å². The molecule has 4 rings (SSSR count). The third-order valence-electron chi connectivity index (χ3n) is 5.30. The second-order valence-electron chi connectivity index (χ2n) is 6.90. The summed E-state index contributed by atoms with van der Waals surface area (Å²) in [7, 11) is 0. The molecule has 2 aromatic rings. The summed E-state index contributed by atoms with van der Waals surface area (Å²) in [5, 5.41) is 11.5. The van der Waals surface area contributed by atoms with E-state index < -0.39 is 6.10 Å². The number of hydrogen-bond acceptors (Lipinski definition) is 3. The van der Waals surface area contributed by atoms with E-state index in [4.69, 9.17) is 4.98 Å². The molecule has 120 valence electrons. The van der Waals surface area contributed by atoms with Crippen molar-refractivity contribution in [2.24, 2.45) is 11.8 Å². The van der Waals surface area contributed by atoms with Gasteiger partial charge in [-0.3, -0.25) is 9.78 Å². The van der Waals surface area contributed by atoms with Gasteiger partial charge in [-0.2, -0.15) is 0 Å². The molecule has 0 spiro atoms. The van der Waals surface area contributed by atoms with E-state index in [2.05, 4.69) is 12.1 Å². The molecule has 1 aliphatic carbocycles. The molecule has 0 unspecified atom stereocenters. The van der Waals surface area contributed by atoms with Crippen molar-refractivity contribution in [1.82, 2.24) is 9.88 Å². The Morgan fingerprint density at radius 2 is 2.00 bits per heavy atom. The molecule has 2 atom stereocenters. The van der Waals surface area contributed by atoms with Gasteiger partial charge in [0.15, 0.2) is 0 Å². The first-order valence-electron chi connectivity index (χ1n) is 8.52. The number of hydrogen-bond donors (Lipinski definition) is 1. The molecule has 1 N–H and O–H groups in total. The van der Waals surface area contributed by atoms with Crippen LogP contribution < -0.4 is 0 Å². The highest BCUT2D eigenvalue weighted by atomic mass is 16.3. The molecule has 4 nitrogen and oxygen atoms in total. The summed E-state index contributed by atoms with van der Waals surface area (Å²) in [5.74, 6) is 0.539. The molecule has 0 radical (unpaired) electrons. The normalized spacial score (nSPS) is 24.8. The number of para-hydroxylation sites is 1. The Labute approximate surface area is 136 Å². The molecule has 1 aromatic heterocycles. The fraction of sp³-hybridized carbons (Fsp3) is 0.474. The Kier molecular flexibility index (Phi) is 3.77. The first kappa shape index (κ1) is 14.6. The van der Waals surface area contributed by atoms with Gasteiger partial charge in [-0.25, -0.2) is 0 Å². The van der Waals surface area contributed by atoms with Crippen molar-refractivity contribution in [3.63, 3.8) is 0 Å². The first-order valence-corrected chi connectivity index (χ1v) is 8.52. The monoisotopic (exact) mass is 310 g/mol. The maximum atomic E-state index is 12.3. The molecule has 2 heterocycles. The lowest BCUT2D eigenvalue weighted by atomic mass is 9.84. The molecular formula is C19H22N2O2. The summed E-state index contributed by atoms with van der Waals surface area (Å²) in [5.41, 5.74) is 1.98. The van der Waals surface area contributed by atoms with E-state index in [1.165, 1.54) is 0 Å². The van der Waals surface area contributed by atoms with Gasteiger partial charge in [0.05, 0.1) is 11.6 Å². The maximum absolute atomic E-state index is 12.3. The zero-order chi connectivity index (χ0) is 15.8. The molecule has 1 saturated carbocycles. The van der Waals surface area contributed by atoms with E-state index in [1.807, 2.05) is 29.2 Å². The summed E-state index contributed by atoms with van der Waals surface area (Å²) >= 11 is 0. The van der Waals surface area contributed by atoms with Crippen LogP contribution in [0.4, 0.5) is 0 Å². The lowest BCUT2D eigenvalue weighted by Gasteiger charge is -2.29. The van der Waals surface area contributed by atoms with E-state index in [9.17, 15) is 9.90 Å². The van der Waals surface area contributed by atoms with Crippen molar-refractivity contribution >= 4 is 16.8 Å². The first-order chi connectivity index (χ1) is 11.2. The van der Waals surface area contributed by atoms with Gasteiger partial charge in [-0.15, -0.1) is 0 Å². The minimum absolute atomic E-state index is 0.0905. The lowest BCUT2D eigenvalue weighted by molar-refractivity contribution is -0.137. The smallest absolute Gasteiger partial charge is 0.225 e. The molecule has 2 aliphatic rings. The van der Waals surface area contributed by atoms with Gasteiger partial charge in [0, 0.05) is 36.0 Å². The largest absolute Gasteiger partial charge is 0.391 e. The van der Waals surface area contributed by atoms with E-state index in [0.717, 1.165) is 42.3 Å². The van der Waals surface area contributed by atoms with Crippen LogP contribution in [0.15, 0.2) is 36.4 Å². The quantitative estimate of drug-likeness (QED) is 0.947. The van der Waals surface area contributed by atoms with Crippen LogP contribution in [0.5, 0.6) is 0 Å². The van der Waals surface area contributed by atoms with Gasteiger partial charge in [0.1, 0.15) is 0 Å². The van der Waals surface area contributed by atoms with Gasteiger partial charge >= 0.3 is 0 Å². The molecule has 1 aromatic carbocycles. The number of nitrogens with zero attached hydrogens (tertiary/aromatic N) is 2. The topological polar surface area (TPSA) is 53.4 Å². The Balaban J connectivity index is 1.46. The lowest BCUT2D eigenvalue weighted by Crippen LogP contribution is -2.37. The summed E-state index contributed by atoms with van der Waals surface area (Å²) in [6.07, 6.45) is 3.48. The van der Waals surface area contributed by atoms with Crippen LogP contribution in [0.3, 0.4) is 0 Å². The average Bonchev–Trinajstić information content (AvgIpc) is 2.86. The summed E-state index contributed by atoms with van der Waals surface area (Å²) in [4.78, 5) is 18.9. The number of β-amino-alcohol motifs (C(OH)–C–C–N with tert-alkyl or cyclic N) is 1. The van der Waals surface area contributed by atoms with Crippen LogP contribution in [0, 0.1) is 11.8 Å². The number of carbonyl (C=O) groups is 1. The van der Waals surface area contributed by atoms with Crippen LogP contribution in [0.2, 0.25) is 0 Å². The molecule has 1 saturated heterocycles. The number of pyridine rings is 1. The number of benzene rings is 1. The van der Waals surface area contributed by atoms with E-state index in [1.54, 1.807) is 0 Å². The van der Waals surface area contributed by atoms with Crippen LogP contribution in [0.1, 0.15) is 25.0 Å². The predicted molar refractivity (Wildman–Crippen MR) is 88.9 cm³/mol. The van der Waals surface area contributed by atoms with Gasteiger partial charge in [-0.05, 0) is 31.4 Å². The number of carbonyl (C=O) groups excluding carboxylic acids is 1. The SMILES string of the molecule is O=C(C1CCC1)N1C[C@@H](Cc2ccc3ccccc3n2)[C@H](O)C1. The molecule has 23 heavy (non-hydrogen) atoms. The van der Waals surface area contributed by atoms with Crippen molar-refractivity contribution in [3.8, 4) is 0 Å². The Hall–Kier alpha value is -1.94. The molecule has 1 aliphatic heterocycles. The van der Waals surface area contributed by atoms with Crippen molar-refractivity contribution in [2.75, 3.05) is 13.1 Å². The Morgan fingerprint density at radius 3 is 2.78 bits per heavy atom. The zero-order valence-corrected chi connectivity index (χ0v) is 13.2. The summed E-state index contributed by atoms with van der Waals surface area (Å²) in [6, 6.07) is 12.2. The van der Waals surface area contributed by atoms with Gasteiger partial charge in [0.25, 0.3) is 0 Å². The van der Waals surface area contributed by atoms with Crippen molar-refractivity contribution in [2.45, 2.75) is 31.8 Å². The minimum Gasteiger partial charge on any atom is -0.391 e. The molecular weight excluding hydrogens is 288 g/mol. The fourth-order valence-electron chi connectivity index (χ4n) is 3.64. The maximum Gasteiger partial charge on any atom is 0.225 e. The van der Waals surface area contributed by atoms with Crippen LogP contribution >= 0.6 is 0 Å². The zero-order valence-electron chi connectivity index (χ0n) is 13.2. The summed E-state index contributed by atoms with van der Waals surface area (Å²) < 4.78 is 0.